The first-order valence-corrected chi connectivity index (χ1v) is 6.97. The number of hydrogen-bond acceptors (Lipinski definition) is 4. The van der Waals surface area contributed by atoms with Crippen LogP contribution in [0.2, 0.25) is 0 Å². The third-order valence-corrected chi connectivity index (χ3v) is 3.37. The molecule has 0 radical (unpaired) electrons. The lowest BCUT2D eigenvalue weighted by Gasteiger charge is -2.19. The summed E-state index contributed by atoms with van der Waals surface area (Å²) in [7, 11) is 0. The van der Waals surface area contributed by atoms with Crippen LogP contribution in [-0.2, 0) is 4.74 Å². The highest BCUT2D eigenvalue weighted by atomic mass is 16.5. The molecule has 0 saturated carbocycles. The fraction of sp³-hybridized carbons (Fsp3) is 0.600. The van der Waals surface area contributed by atoms with Crippen LogP contribution in [-0.4, -0.2) is 38.1 Å². The van der Waals surface area contributed by atoms with Crippen molar-refractivity contribution in [3.05, 3.63) is 29.3 Å². The van der Waals surface area contributed by atoms with Gasteiger partial charge >= 0.3 is 0 Å². The average molecular weight is 265 g/mol. The monoisotopic (exact) mass is 265 g/mol. The lowest BCUT2D eigenvalue weighted by Crippen LogP contribution is -2.25. The highest BCUT2D eigenvalue weighted by Gasteiger charge is 2.20. The van der Waals surface area contributed by atoms with Crippen molar-refractivity contribution < 1.29 is 14.6 Å². The Hall–Kier alpha value is -1.10. The zero-order chi connectivity index (χ0) is 13.5. The fourth-order valence-electron chi connectivity index (χ4n) is 2.45. The van der Waals surface area contributed by atoms with E-state index in [0.29, 0.717) is 19.3 Å². The maximum atomic E-state index is 8.65. The number of nitrogens with one attached hydrogen (secondary N) is 1. The van der Waals surface area contributed by atoms with Crippen molar-refractivity contribution in [2.75, 3.05) is 33.0 Å². The van der Waals surface area contributed by atoms with Crippen molar-refractivity contribution in [2.45, 2.75) is 25.8 Å². The van der Waals surface area contributed by atoms with E-state index >= 15 is 0 Å². The molecule has 0 amide bonds. The Balaban J connectivity index is 1.96. The number of benzene rings is 1. The molecule has 106 valence electrons. The van der Waals surface area contributed by atoms with Crippen molar-refractivity contribution in [3.63, 3.8) is 0 Å². The molecule has 1 heterocycles. The van der Waals surface area contributed by atoms with Gasteiger partial charge in [-0.2, -0.15) is 0 Å². The molecule has 0 saturated heterocycles. The van der Waals surface area contributed by atoms with Gasteiger partial charge in [0.2, 0.25) is 0 Å². The number of rotatable bonds is 6. The summed E-state index contributed by atoms with van der Waals surface area (Å²) in [6.45, 7) is 4.78. The molecule has 2 rings (SSSR count). The van der Waals surface area contributed by atoms with Crippen LogP contribution in [0.1, 0.15) is 30.0 Å². The van der Waals surface area contributed by atoms with E-state index in [9.17, 15) is 0 Å². The van der Waals surface area contributed by atoms with Gasteiger partial charge < -0.3 is 19.9 Å². The molecular formula is C15H23NO3. The Kier molecular flexibility index (Phi) is 5.63. The molecule has 0 fully saturated rings. The van der Waals surface area contributed by atoms with Crippen molar-refractivity contribution in [1.29, 1.82) is 0 Å². The summed E-state index contributed by atoms with van der Waals surface area (Å²) < 4.78 is 11.1. The van der Waals surface area contributed by atoms with Crippen LogP contribution in [0.5, 0.6) is 5.75 Å². The maximum absolute atomic E-state index is 8.65. The van der Waals surface area contributed by atoms with Crippen molar-refractivity contribution in [3.8, 4) is 5.75 Å². The second kappa shape index (κ2) is 7.48. The first kappa shape index (κ1) is 14.3. The molecule has 1 aliphatic heterocycles. The quantitative estimate of drug-likeness (QED) is 0.770. The minimum atomic E-state index is 0.0826. The predicted octanol–water partition coefficient (Wildman–Crippen LogP) is 1.81. The first-order chi connectivity index (χ1) is 9.33. The number of fused-ring (bicyclic) bond motifs is 1. The van der Waals surface area contributed by atoms with Gasteiger partial charge in [0, 0.05) is 18.2 Å². The van der Waals surface area contributed by atoms with Crippen LogP contribution in [0.25, 0.3) is 0 Å². The van der Waals surface area contributed by atoms with Gasteiger partial charge in [-0.3, -0.25) is 0 Å². The molecule has 2 N–H and O–H groups in total. The Morgan fingerprint density at radius 1 is 1.42 bits per heavy atom. The first-order valence-electron chi connectivity index (χ1n) is 6.97. The summed E-state index contributed by atoms with van der Waals surface area (Å²) in [5.41, 5.74) is 2.45. The van der Waals surface area contributed by atoms with Crippen LogP contribution >= 0.6 is 0 Å². The lowest BCUT2D eigenvalue weighted by molar-refractivity contribution is 0.0924. The number of aliphatic hydroxyl groups excluding tert-OH is 1. The molecule has 0 aromatic heterocycles. The van der Waals surface area contributed by atoms with Gasteiger partial charge in [0.05, 0.1) is 26.4 Å². The molecule has 1 atom stereocenters. The van der Waals surface area contributed by atoms with Crippen molar-refractivity contribution in [1.82, 2.24) is 5.32 Å². The smallest absolute Gasteiger partial charge is 0.126 e. The van der Waals surface area contributed by atoms with Gasteiger partial charge in [-0.25, -0.2) is 0 Å². The van der Waals surface area contributed by atoms with Gasteiger partial charge in [-0.05, 0) is 25.3 Å². The largest absolute Gasteiger partial charge is 0.493 e. The number of aliphatic hydroxyl groups is 1. The minimum Gasteiger partial charge on any atom is -0.493 e. The summed E-state index contributed by atoms with van der Waals surface area (Å²) in [5.74, 6) is 1.04. The molecule has 1 aromatic rings. The topological polar surface area (TPSA) is 50.7 Å². The predicted molar refractivity (Wildman–Crippen MR) is 74.6 cm³/mol. The highest BCUT2D eigenvalue weighted by molar-refractivity contribution is 5.43. The molecule has 0 aliphatic carbocycles. The number of ether oxygens (including phenoxy) is 2. The van der Waals surface area contributed by atoms with Crippen LogP contribution in [0.4, 0.5) is 0 Å². The fourth-order valence-corrected chi connectivity index (χ4v) is 2.45. The van der Waals surface area contributed by atoms with Crippen molar-refractivity contribution >= 4 is 0 Å². The Labute approximate surface area is 114 Å². The lowest BCUT2D eigenvalue weighted by atomic mass is 10.00. The van der Waals surface area contributed by atoms with Gasteiger partial charge in [0.25, 0.3) is 0 Å². The Morgan fingerprint density at radius 3 is 3.16 bits per heavy atom. The van der Waals surface area contributed by atoms with E-state index in [1.54, 1.807) is 0 Å². The molecule has 0 spiro atoms. The molecule has 1 unspecified atom stereocenters. The van der Waals surface area contributed by atoms with E-state index < -0.39 is 0 Å². The van der Waals surface area contributed by atoms with Crippen LogP contribution in [0.3, 0.4) is 0 Å². The van der Waals surface area contributed by atoms with E-state index in [1.165, 1.54) is 11.1 Å². The maximum Gasteiger partial charge on any atom is 0.126 e. The molecule has 4 nitrogen and oxygen atoms in total. The van der Waals surface area contributed by atoms with Crippen LogP contribution in [0, 0.1) is 6.92 Å². The Morgan fingerprint density at radius 2 is 2.32 bits per heavy atom. The average Bonchev–Trinajstić information content (AvgIpc) is 2.62. The number of aryl methyl sites for hydroxylation is 1. The highest BCUT2D eigenvalue weighted by Crippen LogP contribution is 2.33. The van der Waals surface area contributed by atoms with Crippen LogP contribution < -0.4 is 10.1 Å². The van der Waals surface area contributed by atoms with E-state index in [2.05, 4.69) is 30.4 Å². The van der Waals surface area contributed by atoms with Gasteiger partial charge in [0.1, 0.15) is 5.75 Å². The summed E-state index contributed by atoms with van der Waals surface area (Å²) in [6.07, 6.45) is 2.14. The minimum absolute atomic E-state index is 0.0826. The summed E-state index contributed by atoms with van der Waals surface area (Å²) in [4.78, 5) is 0. The molecule has 1 aliphatic rings. The van der Waals surface area contributed by atoms with E-state index in [-0.39, 0.29) is 6.61 Å². The SMILES string of the molecule is Cc1cccc2c1OCCCC2NCCOCCO. The third-order valence-electron chi connectivity index (χ3n) is 3.37. The molecule has 19 heavy (non-hydrogen) atoms. The van der Waals surface area contributed by atoms with Crippen LogP contribution in [0.15, 0.2) is 18.2 Å². The normalized spacial score (nSPS) is 18.5. The zero-order valence-electron chi connectivity index (χ0n) is 11.5. The standard InChI is InChI=1S/C15H23NO3/c1-12-4-2-5-13-14(6-3-9-19-15(12)13)16-7-10-18-11-8-17/h2,4-5,14,16-17H,3,6-11H2,1H3. The van der Waals surface area contributed by atoms with E-state index in [4.69, 9.17) is 14.6 Å². The van der Waals surface area contributed by atoms with Gasteiger partial charge in [-0.1, -0.05) is 18.2 Å². The van der Waals surface area contributed by atoms with Gasteiger partial charge in [0.15, 0.2) is 0 Å². The zero-order valence-corrected chi connectivity index (χ0v) is 11.5. The Bertz CT molecular complexity index is 395. The third kappa shape index (κ3) is 3.93. The second-order valence-electron chi connectivity index (χ2n) is 4.83. The molecular weight excluding hydrogens is 242 g/mol. The van der Waals surface area contributed by atoms with E-state index in [1.807, 2.05) is 0 Å². The number of para-hydroxylation sites is 1. The molecule has 1 aromatic carbocycles. The molecule has 0 bridgehead atoms. The summed E-state index contributed by atoms with van der Waals surface area (Å²) in [5, 5.41) is 12.2. The number of hydrogen-bond donors (Lipinski definition) is 2. The van der Waals surface area contributed by atoms with Gasteiger partial charge in [-0.15, -0.1) is 0 Å². The summed E-state index contributed by atoms with van der Waals surface area (Å²) in [6, 6.07) is 6.64. The summed E-state index contributed by atoms with van der Waals surface area (Å²) >= 11 is 0. The second-order valence-corrected chi connectivity index (χ2v) is 4.83. The van der Waals surface area contributed by atoms with Crippen molar-refractivity contribution in [2.24, 2.45) is 0 Å². The molecule has 4 heteroatoms. The van der Waals surface area contributed by atoms with E-state index in [0.717, 1.165) is 31.7 Å².